The van der Waals surface area contributed by atoms with Gasteiger partial charge in [0.05, 0.1) is 12.0 Å². The molecule has 1 amide bonds. The van der Waals surface area contributed by atoms with Crippen LogP contribution in [0.15, 0.2) is 65.6 Å². The molecular weight excluding hydrogens is 424 g/mol. The van der Waals surface area contributed by atoms with E-state index in [-0.39, 0.29) is 17.3 Å². The molecule has 0 bridgehead atoms. The minimum absolute atomic E-state index is 0.0597. The second kappa shape index (κ2) is 9.54. The fraction of sp³-hybridized carbons (Fsp3) is 0.240. The molecule has 0 aliphatic rings. The molecule has 7 heteroatoms. The Labute approximate surface area is 189 Å². The third-order valence-electron chi connectivity index (χ3n) is 5.43. The molecule has 0 unspecified atom stereocenters. The van der Waals surface area contributed by atoms with Gasteiger partial charge in [0.1, 0.15) is 5.75 Å². The largest absolute Gasteiger partial charge is 0.496 e. The van der Waals surface area contributed by atoms with E-state index in [4.69, 9.17) is 4.74 Å². The summed E-state index contributed by atoms with van der Waals surface area (Å²) >= 11 is 0. The number of nitrogens with zero attached hydrogens (tertiary/aromatic N) is 1. The maximum absolute atomic E-state index is 13.0. The number of sulfonamides is 1. The number of hydrogen-bond acceptors (Lipinski definition) is 4. The second-order valence-corrected chi connectivity index (χ2v) is 9.90. The maximum Gasteiger partial charge on any atom is 0.255 e. The van der Waals surface area contributed by atoms with Gasteiger partial charge in [-0.2, -0.15) is 4.31 Å². The first-order chi connectivity index (χ1) is 15.1. The van der Waals surface area contributed by atoms with Crippen molar-refractivity contribution < 1.29 is 17.9 Å². The Kier molecular flexibility index (Phi) is 7.01. The van der Waals surface area contributed by atoms with Gasteiger partial charge in [-0.15, -0.1) is 0 Å². The number of benzene rings is 3. The zero-order valence-electron chi connectivity index (χ0n) is 19.0. The SMILES string of the molecule is COc1ccc(C(=O)Nc2ccc(C)c(C)c2)cc1CN(C)S(=O)(=O)c1ccc(C)cc1. The summed E-state index contributed by atoms with van der Waals surface area (Å²) in [5, 5.41) is 2.89. The molecule has 3 aromatic carbocycles. The van der Waals surface area contributed by atoms with Gasteiger partial charge in [-0.3, -0.25) is 4.79 Å². The monoisotopic (exact) mass is 452 g/mol. The Morgan fingerprint density at radius 1 is 0.938 bits per heavy atom. The van der Waals surface area contributed by atoms with E-state index < -0.39 is 10.0 Å². The molecule has 0 heterocycles. The summed E-state index contributed by atoms with van der Waals surface area (Å²) in [4.78, 5) is 13.0. The van der Waals surface area contributed by atoms with Gasteiger partial charge in [0.2, 0.25) is 10.0 Å². The molecule has 0 aliphatic carbocycles. The van der Waals surface area contributed by atoms with Gasteiger partial charge in [-0.1, -0.05) is 23.8 Å². The minimum Gasteiger partial charge on any atom is -0.496 e. The average molecular weight is 453 g/mol. The molecule has 0 atom stereocenters. The summed E-state index contributed by atoms with van der Waals surface area (Å²) in [7, 11) is -0.666. The predicted octanol–water partition coefficient (Wildman–Crippen LogP) is 4.69. The Balaban J connectivity index is 1.84. The van der Waals surface area contributed by atoms with Crippen LogP contribution in [-0.4, -0.2) is 32.8 Å². The number of amides is 1. The lowest BCUT2D eigenvalue weighted by atomic mass is 10.1. The topological polar surface area (TPSA) is 75.7 Å². The minimum atomic E-state index is -3.69. The number of nitrogens with one attached hydrogen (secondary N) is 1. The number of ether oxygens (including phenoxy) is 1. The number of hydrogen-bond donors (Lipinski definition) is 1. The summed E-state index contributed by atoms with van der Waals surface area (Å²) in [6, 6.07) is 17.4. The number of methoxy groups -OCH3 is 1. The van der Waals surface area contributed by atoms with Crippen molar-refractivity contribution in [3.05, 3.63) is 88.5 Å². The normalized spacial score (nSPS) is 11.4. The van der Waals surface area contributed by atoms with Crippen molar-refractivity contribution >= 4 is 21.6 Å². The molecule has 0 aliphatic heterocycles. The van der Waals surface area contributed by atoms with Crippen LogP contribution in [0.1, 0.15) is 32.6 Å². The third kappa shape index (κ3) is 5.18. The number of carbonyl (C=O) groups is 1. The summed E-state index contributed by atoms with van der Waals surface area (Å²) in [5.74, 6) is 0.236. The first-order valence-electron chi connectivity index (χ1n) is 10.2. The van der Waals surface area contributed by atoms with Gasteiger partial charge in [0, 0.05) is 30.4 Å². The van der Waals surface area contributed by atoms with Crippen molar-refractivity contribution in [3.63, 3.8) is 0 Å². The van der Waals surface area contributed by atoms with Crippen LogP contribution in [0.3, 0.4) is 0 Å². The van der Waals surface area contributed by atoms with Crippen LogP contribution in [0.4, 0.5) is 5.69 Å². The number of anilines is 1. The van der Waals surface area contributed by atoms with Gasteiger partial charge in [0.25, 0.3) is 5.91 Å². The van der Waals surface area contributed by atoms with Crippen molar-refractivity contribution in [2.75, 3.05) is 19.5 Å². The molecular formula is C25H28N2O4S. The van der Waals surface area contributed by atoms with E-state index >= 15 is 0 Å². The van der Waals surface area contributed by atoms with E-state index in [2.05, 4.69) is 5.32 Å². The lowest BCUT2D eigenvalue weighted by molar-refractivity contribution is 0.102. The van der Waals surface area contributed by atoms with Crippen molar-refractivity contribution in [1.29, 1.82) is 0 Å². The van der Waals surface area contributed by atoms with E-state index in [1.165, 1.54) is 18.5 Å². The van der Waals surface area contributed by atoms with Crippen LogP contribution in [0.25, 0.3) is 0 Å². The summed E-state index contributed by atoms with van der Waals surface area (Å²) in [5.41, 5.74) is 4.93. The predicted molar refractivity (Wildman–Crippen MR) is 127 cm³/mol. The van der Waals surface area contributed by atoms with Crippen LogP contribution in [0.2, 0.25) is 0 Å². The fourth-order valence-electron chi connectivity index (χ4n) is 3.28. The first-order valence-corrected chi connectivity index (χ1v) is 11.6. The highest BCUT2D eigenvalue weighted by Crippen LogP contribution is 2.25. The van der Waals surface area contributed by atoms with Gasteiger partial charge in [-0.05, 0) is 74.4 Å². The smallest absolute Gasteiger partial charge is 0.255 e. The Morgan fingerprint density at radius 3 is 2.25 bits per heavy atom. The molecule has 0 aromatic heterocycles. The zero-order valence-corrected chi connectivity index (χ0v) is 19.8. The zero-order chi connectivity index (χ0) is 23.5. The van der Waals surface area contributed by atoms with Crippen LogP contribution in [0, 0.1) is 20.8 Å². The van der Waals surface area contributed by atoms with E-state index in [1.54, 1.807) is 42.5 Å². The van der Waals surface area contributed by atoms with E-state index in [9.17, 15) is 13.2 Å². The maximum atomic E-state index is 13.0. The van der Waals surface area contributed by atoms with Gasteiger partial charge >= 0.3 is 0 Å². The number of rotatable bonds is 7. The average Bonchev–Trinajstić information content (AvgIpc) is 2.76. The molecule has 168 valence electrons. The summed E-state index contributed by atoms with van der Waals surface area (Å²) in [6.07, 6.45) is 0. The summed E-state index contributed by atoms with van der Waals surface area (Å²) in [6.45, 7) is 5.96. The molecule has 6 nitrogen and oxygen atoms in total. The molecule has 32 heavy (non-hydrogen) atoms. The van der Waals surface area contributed by atoms with Crippen molar-refractivity contribution in [2.45, 2.75) is 32.2 Å². The number of carbonyl (C=O) groups excluding carboxylic acids is 1. The van der Waals surface area contributed by atoms with Crippen molar-refractivity contribution in [2.24, 2.45) is 0 Å². The molecule has 0 radical (unpaired) electrons. The van der Waals surface area contributed by atoms with Crippen LogP contribution in [-0.2, 0) is 16.6 Å². The van der Waals surface area contributed by atoms with Gasteiger partial charge in [-0.25, -0.2) is 8.42 Å². The van der Waals surface area contributed by atoms with E-state index in [0.717, 1.165) is 16.7 Å². The Morgan fingerprint density at radius 2 is 1.62 bits per heavy atom. The van der Waals surface area contributed by atoms with Crippen LogP contribution < -0.4 is 10.1 Å². The number of aryl methyl sites for hydroxylation is 3. The van der Waals surface area contributed by atoms with Crippen molar-refractivity contribution in [1.82, 2.24) is 4.31 Å². The van der Waals surface area contributed by atoms with Gasteiger partial charge in [0.15, 0.2) is 0 Å². The molecule has 0 saturated heterocycles. The molecule has 3 rings (SSSR count). The highest BCUT2D eigenvalue weighted by Gasteiger charge is 2.22. The van der Waals surface area contributed by atoms with Crippen LogP contribution in [0.5, 0.6) is 5.75 Å². The molecule has 0 spiro atoms. The molecule has 1 N–H and O–H groups in total. The summed E-state index contributed by atoms with van der Waals surface area (Å²) < 4.78 is 32.6. The molecule has 3 aromatic rings. The molecule has 0 saturated carbocycles. The lowest BCUT2D eigenvalue weighted by Gasteiger charge is -2.19. The second-order valence-electron chi connectivity index (χ2n) is 7.85. The van der Waals surface area contributed by atoms with Gasteiger partial charge < -0.3 is 10.1 Å². The quantitative estimate of drug-likeness (QED) is 0.564. The first kappa shape index (κ1) is 23.5. The standard InChI is InChI=1S/C25H28N2O4S/c1-17-6-11-23(12-7-17)32(29,30)27(4)16-21-15-20(9-13-24(21)31-5)25(28)26-22-10-8-18(2)19(3)14-22/h6-15H,16H2,1-5H3,(H,26,28). The van der Waals surface area contributed by atoms with Crippen LogP contribution >= 0.6 is 0 Å². The highest BCUT2D eigenvalue weighted by atomic mass is 32.2. The third-order valence-corrected chi connectivity index (χ3v) is 7.25. The molecule has 0 fully saturated rings. The highest BCUT2D eigenvalue weighted by molar-refractivity contribution is 7.89. The Bertz CT molecular complexity index is 1240. The van der Waals surface area contributed by atoms with E-state index in [1.807, 2.05) is 39.0 Å². The fourth-order valence-corrected chi connectivity index (χ4v) is 4.43. The lowest BCUT2D eigenvalue weighted by Crippen LogP contribution is -2.27. The van der Waals surface area contributed by atoms with Crippen molar-refractivity contribution in [3.8, 4) is 5.75 Å². The van der Waals surface area contributed by atoms with E-state index in [0.29, 0.717) is 22.6 Å². The Hall–Kier alpha value is -3.16.